The van der Waals surface area contributed by atoms with Crippen LogP contribution >= 0.6 is 15.9 Å². The number of likely N-dealkylation sites (N-methyl/N-ethyl adjacent to an activating group) is 1. The molecule has 1 unspecified atom stereocenters. The molecule has 1 saturated heterocycles. The molecule has 2 aromatic rings. The van der Waals surface area contributed by atoms with E-state index in [1.165, 1.54) is 0 Å². The molecule has 1 fully saturated rings. The number of nitrogens with zero attached hydrogens (tertiary/aromatic N) is 4. The van der Waals surface area contributed by atoms with Crippen molar-refractivity contribution in [2.24, 2.45) is 0 Å². The Morgan fingerprint density at radius 1 is 1.41 bits per heavy atom. The van der Waals surface area contributed by atoms with Gasteiger partial charge in [-0.2, -0.15) is 0 Å². The summed E-state index contributed by atoms with van der Waals surface area (Å²) in [7, 11) is 3.48. The van der Waals surface area contributed by atoms with E-state index in [-0.39, 0.29) is 5.91 Å². The van der Waals surface area contributed by atoms with Crippen LogP contribution in [0.4, 0.5) is 5.82 Å². The van der Waals surface area contributed by atoms with Gasteiger partial charge in [0.25, 0.3) is 5.91 Å². The van der Waals surface area contributed by atoms with E-state index in [1.807, 2.05) is 18.2 Å². The second-order valence-corrected chi connectivity index (χ2v) is 6.31. The second kappa shape index (κ2) is 6.18. The van der Waals surface area contributed by atoms with E-state index in [2.05, 4.69) is 30.8 Å². The molecule has 1 aliphatic heterocycles. The summed E-state index contributed by atoms with van der Waals surface area (Å²) in [6.07, 6.45) is 1.10. The molecule has 116 valence electrons. The van der Waals surface area contributed by atoms with Crippen LogP contribution in [0.5, 0.6) is 0 Å². The summed E-state index contributed by atoms with van der Waals surface area (Å²) in [6.45, 7) is 1.70. The minimum absolute atomic E-state index is 0.0238. The summed E-state index contributed by atoms with van der Waals surface area (Å²) in [6, 6.07) is 5.91. The largest absolute Gasteiger partial charge is 0.365 e. The number of ether oxygens (including phenoxy) is 1. The first kappa shape index (κ1) is 15.2. The van der Waals surface area contributed by atoms with Crippen molar-refractivity contribution < 1.29 is 9.53 Å². The monoisotopic (exact) mass is 364 g/mol. The van der Waals surface area contributed by atoms with E-state index in [0.29, 0.717) is 19.7 Å². The Kier molecular flexibility index (Phi) is 4.26. The number of anilines is 1. The molecule has 0 spiro atoms. The highest BCUT2D eigenvalue weighted by atomic mass is 79.9. The van der Waals surface area contributed by atoms with Gasteiger partial charge in [0.05, 0.1) is 18.7 Å². The first-order chi connectivity index (χ1) is 10.6. The van der Waals surface area contributed by atoms with E-state index >= 15 is 0 Å². The quantitative estimate of drug-likeness (QED) is 0.811. The van der Waals surface area contributed by atoms with Crippen LogP contribution in [-0.4, -0.2) is 60.7 Å². The number of benzene rings is 1. The maximum Gasteiger partial charge on any atom is 0.253 e. The van der Waals surface area contributed by atoms with Crippen LogP contribution in [0, 0.1) is 0 Å². The summed E-state index contributed by atoms with van der Waals surface area (Å²) in [5, 5.41) is 0.967. The predicted octanol–water partition coefficient (Wildman–Crippen LogP) is 1.69. The molecular weight excluding hydrogens is 348 g/mol. The highest BCUT2D eigenvalue weighted by Crippen LogP contribution is 2.27. The number of carbonyl (C=O) groups is 1. The Morgan fingerprint density at radius 2 is 2.23 bits per heavy atom. The number of morpholine rings is 1. The van der Waals surface area contributed by atoms with Crippen LogP contribution in [-0.2, 0) is 9.53 Å². The summed E-state index contributed by atoms with van der Waals surface area (Å²) >= 11 is 3.49. The number of amides is 1. The van der Waals surface area contributed by atoms with Gasteiger partial charge < -0.3 is 14.5 Å². The summed E-state index contributed by atoms with van der Waals surface area (Å²) < 4.78 is 6.58. The number of halogens is 1. The molecule has 1 aliphatic rings. The van der Waals surface area contributed by atoms with Gasteiger partial charge >= 0.3 is 0 Å². The first-order valence-corrected chi connectivity index (χ1v) is 7.83. The van der Waals surface area contributed by atoms with Gasteiger partial charge in [-0.25, -0.2) is 9.97 Å². The topological polar surface area (TPSA) is 58.6 Å². The zero-order chi connectivity index (χ0) is 15.7. The second-order valence-electron chi connectivity index (χ2n) is 5.40. The van der Waals surface area contributed by atoms with Gasteiger partial charge in [0.1, 0.15) is 12.1 Å². The lowest BCUT2D eigenvalue weighted by Crippen LogP contribution is -2.49. The smallest absolute Gasteiger partial charge is 0.253 e. The normalized spacial score (nSPS) is 18.5. The minimum Gasteiger partial charge on any atom is -0.365 e. The molecule has 1 aromatic heterocycles. The van der Waals surface area contributed by atoms with Crippen molar-refractivity contribution in [3.63, 3.8) is 0 Å². The molecule has 0 N–H and O–H groups in total. The number of carbonyl (C=O) groups excluding carboxylic acids is 1. The molecule has 22 heavy (non-hydrogen) atoms. The van der Waals surface area contributed by atoms with Crippen LogP contribution in [0.3, 0.4) is 0 Å². The summed E-state index contributed by atoms with van der Waals surface area (Å²) in [5.41, 5.74) is 0.884. The Hall–Kier alpha value is -1.73. The van der Waals surface area contributed by atoms with Crippen LogP contribution in [0.15, 0.2) is 29.0 Å². The third kappa shape index (κ3) is 2.91. The Balaban J connectivity index is 1.93. The maximum atomic E-state index is 12.1. The third-order valence-corrected chi connectivity index (χ3v) is 4.15. The van der Waals surface area contributed by atoms with Gasteiger partial charge in [0.15, 0.2) is 6.10 Å². The number of fused-ring (bicyclic) bond motifs is 1. The molecule has 1 amide bonds. The van der Waals surface area contributed by atoms with Crippen LogP contribution < -0.4 is 4.90 Å². The van der Waals surface area contributed by atoms with Crippen LogP contribution in [0.25, 0.3) is 10.9 Å². The van der Waals surface area contributed by atoms with Gasteiger partial charge in [-0.3, -0.25) is 4.79 Å². The van der Waals surface area contributed by atoms with E-state index in [1.54, 1.807) is 25.3 Å². The highest BCUT2D eigenvalue weighted by molar-refractivity contribution is 9.10. The van der Waals surface area contributed by atoms with Crippen molar-refractivity contribution in [3.8, 4) is 0 Å². The van der Waals surface area contributed by atoms with Crippen molar-refractivity contribution >= 4 is 38.6 Å². The van der Waals surface area contributed by atoms with Gasteiger partial charge in [-0.05, 0) is 18.2 Å². The molecule has 0 aliphatic carbocycles. The average molecular weight is 365 g/mol. The van der Waals surface area contributed by atoms with E-state index in [9.17, 15) is 4.79 Å². The van der Waals surface area contributed by atoms with Crippen LogP contribution in [0.1, 0.15) is 0 Å². The average Bonchev–Trinajstić information content (AvgIpc) is 2.53. The van der Waals surface area contributed by atoms with Gasteiger partial charge in [0, 0.05) is 30.5 Å². The Labute approximate surface area is 137 Å². The highest BCUT2D eigenvalue weighted by Gasteiger charge is 2.29. The fourth-order valence-corrected chi connectivity index (χ4v) is 2.91. The van der Waals surface area contributed by atoms with Gasteiger partial charge in [-0.1, -0.05) is 15.9 Å². The molecule has 7 heteroatoms. The number of rotatable bonds is 2. The standard InChI is InChI=1S/C15H17BrN4O2/c1-19(2)15(21)13-8-20(5-6-22-13)14-11-7-10(16)3-4-12(11)17-9-18-14/h3-4,7,9,13H,5-6,8H2,1-2H3. The third-order valence-electron chi connectivity index (χ3n) is 3.66. The fourth-order valence-electron chi connectivity index (χ4n) is 2.55. The molecule has 0 saturated carbocycles. The molecule has 3 rings (SSSR count). The minimum atomic E-state index is -0.457. The Morgan fingerprint density at radius 3 is 3.00 bits per heavy atom. The van der Waals surface area contributed by atoms with E-state index in [0.717, 1.165) is 21.2 Å². The molecule has 2 heterocycles. The molecule has 1 atom stereocenters. The molecule has 1 aromatic carbocycles. The lowest BCUT2D eigenvalue weighted by atomic mass is 10.2. The van der Waals surface area contributed by atoms with E-state index < -0.39 is 6.10 Å². The first-order valence-electron chi connectivity index (χ1n) is 7.04. The van der Waals surface area contributed by atoms with Crippen molar-refractivity contribution in [3.05, 3.63) is 29.0 Å². The Bertz CT molecular complexity index is 707. The van der Waals surface area contributed by atoms with Crippen molar-refractivity contribution in [2.45, 2.75) is 6.10 Å². The maximum absolute atomic E-state index is 12.1. The molecular formula is C15H17BrN4O2. The van der Waals surface area contributed by atoms with Crippen molar-refractivity contribution in [2.75, 3.05) is 38.7 Å². The van der Waals surface area contributed by atoms with Gasteiger partial charge in [-0.15, -0.1) is 0 Å². The van der Waals surface area contributed by atoms with E-state index in [4.69, 9.17) is 4.74 Å². The predicted molar refractivity (Wildman–Crippen MR) is 87.9 cm³/mol. The molecule has 0 bridgehead atoms. The summed E-state index contributed by atoms with van der Waals surface area (Å²) in [4.78, 5) is 24.5. The zero-order valence-electron chi connectivity index (χ0n) is 12.5. The molecule has 0 radical (unpaired) electrons. The van der Waals surface area contributed by atoms with Gasteiger partial charge in [0.2, 0.25) is 0 Å². The molecule has 6 nitrogen and oxygen atoms in total. The SMILES string of the molecule is CN(C)C(=O)C1CN(c2ncnc3ccc(Br)cc23)CCO1. The zero-order valence-corrected chi connectivity index (χ0v) is 14.1. The summed E-state index contributed by atoms with van der Waals surface area (Å²) in [5.74, 6) is 0.815. The number of hydrogen-bond donors (Lipinski definition) is 0. The number of hydrogen-bond acceptors (Lipinski definition) is 5. The lowest BCUT2D eigenvalue weighted by Gasteiger charge is -2.34. The van der Waals surface area contributed by atoms with Crippen molar-refractivity contribution in [1.82, 2.24) is 14.9 Å². The fraction of sp³-hybridized carbons (Fsp3) is 0.400. The lowest BCUT2D eigenvalue weighted by molar-refractivity contribution is -0.141. The van der Waals surface area contributed by atoms with Crippen LogP contribution in [0.2, 0.25) is 0 Å². The van der Waals surface area contributed by atoms with Crippen molar-refractivity contribution in [1.29, 1.82) is 0 Å². The number of aromatic nitrogens is 2.